The van der Waals surface area contributed by atoms with Crippen molar-refractivity contribution < 1.29 is 4.79 Å². The summed E-state index contributed by atoms with van der Waals surface area (Å²) >= 11 is 0. The van der Waals surface area contributed by atoms with E-state index in [0.29, 0.717) is 5.69 Å². The number of hydrogen-bond acceptors (Lipinski definition) is 3. The zero-order chi connectivity index (χ0) is 8.27. The summed E-state index contributed by atoms with van der Waals surface area (Å²) in [7, 11) is 1.72. The number of aryl methyl sites for hydroxylation is 1. The zero-order valence-corrected chi connectivity index (χ0v) is 6.48. The van der Waals surface area contributed by atoms with Crippen LogP contribution in [-0.2, 0) is 7.05 Å². The fourth-order valence-electron chi connectivity index (χ4n) is 0.697. The molecule has 0 radical (unpaired) electrons. The lowest BCUT2D eigenvalue weighted by molar-refractivity contribution is 0.104. The predicted octanol–water partition coefficient (Wildman–Crippen LogP) is 0.574. The van der Waals surface area contributed by atoms with Gasteiger partial charge < -0.3 is 0 Å². The van der Waals surface area contributed by atoms with E-state index in [9.17, 15) is 4.79 Å². The van der Waals surface area contributed by atoms with Gasteiger partial charge in [-0.3, -0.25) is 9.48 Å². The molecule has 11 heavy (non-hydrogen) atoms. The molecule has 4 heteroatoms. The Kier molecular flexibility index (Phi) is 2.15. The highest BCUT2D eigenvalue weighted by atomic mass is 16.1. The van der Waals surface area contributed by atoms with Crippen LogP contribution < -0.4 is 0 Å². The number of aromatic nitrogens is 3. The minimum absolute atomic E-state index is 0.111. The first-order valence-corrected chi connectivity index (χ1v) is 3.27. The van der Waals surface area contributed by atoms with E-state index in [1.54, 1.807) is 26.2 Å². The number of carbonyl (C=O) groups excluding carboxylic acids is 1. The molecule has 58 valence electrons. The summed E-state index contributed by atoms with van der Waals surface area (Å²) in [6.07, 6.45) is 4.73. The lowest BCUT2D eigenvalue weighted by Gasteiger charge is -1.82. The van der Waals surface area contributed by atoms with Crippen LogP contribution in [0.3, 0.4) is 0 Å². The van der Waals surface area contributed by atoms with E-state index >= 15 is 0 Å². The molecule has 0 aliphatic rings. The molecule has 0 atom stereocenters. The predicted molar refractivity (Wildman–Crippen MR) is 40.1 cm³/mol. The summed E-state index contributed by atoms with van der Waals surface area (Å²) < 4.78 is 1.50. The van der Waals surface area contributed by atoms with Gasteiger partial charge in [-0.15, -0.1) is 5.10 Å². The number of rotatable bonds is 2. The van der Waals surface area contributed by atoms with Crippen molar-refractivity contribution in [2.45, 2.75) is 6.92 Å². The molecule has 1 rings (SSSR count). The number of carbonyl (C=O) groups is 1. The average Bonchev–Trinajstić information content (AvgIpc) is 2.36. The topological polar surface area (TPSA) is 47.8 Å². The van der Waals surface area contributed by atoms with Crippen molar-refractivity contribution >= 4 is 5.78 Å². The fraction of sp³-hybridized carbons (Fsp3) is 0.286. The van der Waals surface area contributed by atoms with Gasteiger partial charge >= 0.3 is 0 Å². The Balaban J connectivity index is 2.85. The second-order valence-corrected chi connectivity index (χ2v) is 2.14. The Morgan fingerprint density at radius 1 is 1.73 bits per heavy atom. The van der Waals surface area contributed by atoms with Gasteiger partial charge in [0.25, 0.3) is 0 Å². The van der Waals surface area contributed by atoms with Crippen molar-refractivity contribution in [3.8, 4) is 0 Å². The summed E-state index contributed by atoms with van der Waals surface area (Å²) in [5.74, 6) is -0.111. The highest BCUT2D eigenvalue weighted by Crippen LogP contribution is 1.93. The van der Waals surface area contributed by atoms with Crippen LogP contribution in [0.4, 0.5) is 0 Å². The van der Waals surface area contributed by atoms with E-state index in [2.05, 4.69) is 10.3 Å². The minimum Gasteiger partial charge on any atom is -0.287 e. The van der Waals surface area contributed by atoms with E-state index in [1.807, 2.05) is 0 Å². The summed E-state index contributed by atoms with van der Waals surface area (Å²) in [4.78, 5) is 11.1. The van der Waals surface area contributed by atoms with E-state index in [1.165, 1.54) is 10.8 Å². The van der Waals surface area contributed by atoms with Crippen LogP contribution in [0, 0.1) is 0 Å². The largest absolute Gasteiger partial charge is 0.287 e. The number of nitrogens with zero attached hydrogens (tertiary/aromatic N) is 3. The summed E-state index contributed by atoms with van der Waals surface area (Å²) in [5, 5.41) is 7.28. The zero-order valence-electron chi connectivity index (χ0n) is 6.48. The second kappa shape index (κ2) is 3.09. The molecule has 0 bridgehead atoms. The van der Waals surface area contributed by atoms with Crippen molar-refractivity contribution in [3.05, 3.63) is 24.0 Å². The van der Waals surface area contributed by atoms with Gasteiger partial charge in [0.1, 0.15) is 0 Å². The van der Waals surface area contributed by atoms with Gasteiger partial charge in [0.15, 0.2) is 5.69 Å². The van der Waals surface area contributed by atoms with Crippen molar-refractivity contribution in [3.63, 3.8) is 0 Å². The first-order valence-electron chi connectivity index (χ1n) is 3.27. The Labute approximate surface area is 64.5 Å². The van der Waals surface area contributed by atoms with Crippen LogP contribution in [0.2, 0.25) is 0 Å². The highest BCUT2D eigenvalue weighted by Gasteiger charge is 2.04. The van der Waals surface area contributed by atoms with E-state index in [4.69, 9.17) is 0 Å². The molecule has 1 aromatic rings. The molecular weight excluding hydrogens is 142 g/mol. The quantitative estimate of drug-likeness (QED) is 0.458. The van der Waals surface area contributed by atoms with E-state index in [0.717, 1.165) is 0 Å². The van der Waals surface area contributed by atoms with Gasteiger partial charge in [-0.1, -0.05) is 11.3 Å². The molecule has 1 aromatic heterocycles. The molecule has 0 saturated heterocycles. The third-order valence-corrected chi connectivity index (χ3v) is 1.17. The Morgan fingerprint density at radius 3 is 2.91 bits per heavy atom. The maximum Gasteiger partial charge on any atom is 0.207 e. The Morgan fingerprint density at radius 2 is 2.45 bits per heavy atom. The fourth-order valence-corrected chi connectivity index (χ4v) is 0.697. The van der Waals surface area contributed by atoms with Crippen LogP contribution in [-0.4, -0.2) is 20.8 Å². The molecule has 0 amide bonds. The lowest BCUT2D eigenvalue weighted by atomic mass is 10.3. The molecule has 0 aliphatic carbocycles. The Bertz CT molecular complexity index is 288. The van der Waals surface area contributed by atoms with Crippen molar-refractivity contribution in [1.82, 2.24) is 15.0 Å². The molecule has 0 saturated carbocycles. The summed E-state index contributed by atoms with van der Waals surface area (Å²) in [6.45, 7) is 1.79. The molecule has 0 N–H and O–H groups in total. The molecule has 0 unspecified atom stereocenters. The lowest BCUT2D eigenvalue weighted by Crippen LogP contribution is -1.93. The molecule has 4 nitrogen and oxygen atoms in total. The third-order valence-electron chi connectivity index (χ3n) is 1.17. The first kappa shape index (κ1) is 7.65. The van der Waals surface area contributed by atoms with Crippen molar-refractivity contribution in [2.75, 3.05) is 0 Å². The molecule has 0 aliphatic heterocycles. The van der Waals surface area contributed by atoms with Crippen LogP contribution in [0.1, 0.15) is 17.4 Å². The maximum absolute atomic E-state index is 11.1. The van der Waals surface area contributed by atoms with Crippen LogP contribution in [0.5, 0.6) is 0 Å². The van der Waals surface area contributed by atoms with Gasteiger partial charge in [0.05, 0.1) is 6.20 Å². The normalized spacial score (nSPS) is 10.7. The Hall–Kier alpha value is -1.45. The van der Waals surface area contributed by atoms with Crippen LogP contribution in [0.25, 0.3) is 0 Å². The third kappa shape index (κ3) is 1.73. The minimum atomic E-state index is -0.111. The standard InChI is InChI=1S/C7H9N3O/c1-3-4-7(11)6-5-10(2)9-8-6/h3-5H,1-2H3/b4-3+. The maximum atomic E-state index is 11.1. The van der Waals surface area contributed by atoms with E-state index < -0.39 is 0 Å². The van der Waals surface area contributed by atoms with Gasteiger partial charge in [-0.05, 0) is 13.0 Å². The molecular formula is C7H9N3O. The van der Waals surface area contributed by atoms with Crippen LogP contribution in [0.15, 0.2) is 18.3 Å². The van der Waals surface area contributed by atoms with E-state index in [-0.39, 0.29) is 5.78 Å². The number of ketones is 1. The molecule has 0 fully saturated rings. The molecule has 1 heterocycles. The summed E-state index contributed by atoms with van der Waals surface area (Å²) in [5.41, 5.74) is 0.380. The summed E-state index contributed by atoms with van der Waals surface area (Å²) in [6, 6.07) is 0. The first-order chi connectivity index (χ1) is 5.24. The number of hydrogen-bond donors (Lipinski definition) is 0. The van der Waals surface area contributed by atoms with Crippen LogP contribution >= 0.6 is 0 Å². The monoisotopic (exact) mass is 151 g/mol. The second-order valence-electron chi connectivity index (χ2n) is 2.14. The molecule has 0 aromatic carbocycles. The van der Waals surface area contributed by atoms with Gasteiger partial charge in [-0.25, -0.2) is 0 Å². The van der Waals surface area contributed by atoms with Crippen molar-refractivity contribution in [2.24, 2.45) is 7.05 Å². The average molecular weight is 151 g/mol. The van der Waals surface area contributed by atoms with Crippen molar-refractivity contribution in [1.29, 1.82) is 0 Å². The highest BCUT2D eigenvalue weighted by molar-refractivity contribution is 6.02. The smallest absolute Gasteiger partial charge is 0.207 e. The molecule has 0 spiro atoms. The number of allylic oxidation sites excluding steroid dienone is 2. The van der Waals surface area contributed by atoms with Gasteiger partial charge in [0, 0.05) is 7.05 Å². The van der Waals surface area contributed by atoms with Gasteiger partial charge in [0.2, 0.25) is 5.78 Å². The van der Waals surface area contributed by atoms with Gasteiger partial charge in [-0.2, -0.15) is 0 Å². The SMILES string of the molecule is C/C=C/C(=O)c1cn(C)nn1.